The maximum atomic E-state index is 11.8. The summed E-state index contributed by atoms with van der Waals surface area (Å²) in [6.07, 6.45) is 4.90. The molecule has 2 aliphatic rings. The summed E-state index contributed by atoms with van der Waals surface area (Å²) < 4.78 is 6.08. The number of halogens is 1. The number of ether oxygens (including phenoxy) is 1. The second-order valence-electron chi connectivity index (χ2n) is 6.72. The van der Waals surface area contributed by atoms with Crippen LogP contribution in [0.15, 0.2) is 11.8 Å². The molecule has 0 spiro atoms. The van der Waals surface area contributed by atoms with Crippen molar-refractivity contribution >= 4 is 30.1 Å². The molecule has 0 amide bonds. The third kappa shape index (κ3) is 3.82. The van der Waals surface area contributed by atoms with Crippen molar-refractivity contribution in [2.24, 2.45) is 0 Å². The molecule has 1 aliphatic carbocycles. The van der Waals surface area contributed by atoms with E-state index in [0.29, 0.717) is 21.2 Å². The highest BCUT2D eigenvalue weighted by Gasteiger charge is 2.25. The van der Waals surface area contributed by atoms with Crippen LogP contribution in [0, 0.1) is 5.21 Å². The third-order valence-electron chi connectivity index (χ3n) is 5.19. The maximum Gasteiger partial charge on any atom is 0.260 e. The topological polar surface area (TPSA) is 62.0 Å². The Morgan fingerprint density at radius 3 is 2.65 bits per heavy atom. The van der Waals surface area contributed by atoms with Crippen LogP contribution in [-0.2, 0) is 6.42 Å². The predicted octanol–water partition coefficient (Wildman–Crippen LogP) is 2.48. The van der Waals surface area contributed by atoms with Gasteiger partial charge >= 0.3 is 0 Å². The standard InChI is InChI=1S/C19H26ClN3O3/c1-21(25)18-13-17(20)16-12-14(4-3-5-15(16)19(18)26-2)23-8-6-22(7-9-23)10-11-24/h12-13,24H,1,3-11H2,2H3. The van der Waals surface area contributed by atoms with Gasteiger partial charge in [-0.1, -0.05) is 11.6 Å². The highest BCUT2D eigenvalue weighted by molar-refractivity contribution is 6.32. The lowest BCUT2D eigenvalue weighted by Crippen LogP contribution is -2.46. The molecule has 0 bridgehead atoms. The van der Waals surface area contributed by atoms with E-state index in [1.54, 1.807) is 13.2 Å². The fraction of sp³-hybridized carbons (Fsp3) is 0.526. The molecule has 6 nitrogen and oxygen atoms in total. The highest BCUT2D eigenvalue weighted by atomic mass is 35.5. The Hall–Kier alpha value is -1.76. The van der Waals surface area contributed by atoms with E-state index < -0.39 is 0 Å². The largest absolute Gasteiger partial charge is 0.619 e. The van der Waals surface area contributed by atoms with Crippen LogP contribution >= 0.6 is 11.6 Å². The second-order valence-corrected chi connectivity index (χ2v) is 7.13. The number of aliphatic hydroxyl groups is 1. The van der Waals surface area contributed by atoms with E-state index in [2.05, 4.69) is 22.6 Å². The summed E-state index contributed by atoms with van der Waals surface area (Å²) in [5.41, 5.74) is 3.57. The van der Waals surface area contributed by atoms with Crippen molar-refractivity contribution in [2.45, 2.75) is 19.3 Å². The van der Waals surface area contributed by atoms with Gasteiger partial charge in [0.25, 0.3) is 5.69 Å². The van der Waals surface area contributed by atoms with Crippen LogP contribution in [0.3, 0.4) is 0 Å². The minimum Gasteiger partial charge on any atom is -0.619 e. The number of β-amino-alcohol motifs (C(OH)–C–C–N with tert-alkyl or cyclic N) is 1. The van der Waals surface area contributed by atoms with Gasteiger partial charge in [0, 0.05) is 55.6 Å². The summed E-state index contributed by atoms with van der Waals surface area (Å²) in [5.74, 6) is 0.569. The lowest BCUT2D eigenvalue weighted by atomic mass is 10.0. The summed E-state index contributed by atoms with van der Waals surface area (Å²) in [5, 5.41) is 21.4. The van der Waals surface area contributed by atoms with Crippen molar-refractivity contribution in [1.29, 1.82) is 0 Å². The van der Waals surface area contributed by atoms with E-state index in [-0.39, 0.29) is 6.61 Å². The van der Waals surface area contributed by atoms with Crippen LogP contribution in [0.1, 0.15) is 24.0 Å². The Kier molecular flexibility index (Phi) is 6.06. The first-order valence-corrected chi connectivity index (χ1v) is 9.38. The number of allylic oxidation sites excluding steroid dienone is 1. The highest BCUT2D eigenvalue weighted by Crippen LogP contribution is 2.41. The van der Waals surface area contributed by atoms with Crippen molar-refractivity contribution in [3.63, 3.8) is 0 Å². The molecule has 0 saturated carbocycles. The lowest BCUT2D eigenvalue weighted by molar-refractivity contribution is -0.351. The quantitative estimate of drug-likeness (QED) is 0.368. The monoisotopic (exact) mass is 379 g/mol. The van der Waals surface area contributed by atoms with Gasteiger partial charge in [-0.25, -0.2) is 0 Å². The smallest absolute Gasteiger partial charge is 0.260 e. The first kappa shape index (κ1) is 19.0. The molecule has 1 saturated heterocycles. The number of rotatable bonds is 5. The van der Waals surface area contributed by atoms with Crippen molar-refractivity contribution in [3.8, 4) is 5.75 Å². The first-order chi connectivity index (χ1) is 12.5. The van der Waals surface area contributed by atoms with E-state index >= 15 is 0 Å². The van der Waals surface area contributed by atoms with E-state index in [0.717, 1.165) is 63.1 Å². The van der Waals surface area contributed by atoms with Crippen molar-refractivity contribution in [2.75, 3.05) is 46.4 Å². The summed E-state index contributed by atoms with van der Waals surface area (Å²) >= 11 is 6.51. The van der Waals surface area contributed by atoms with Gasteiger partial charge in [0.1, 0.15) is 6.72 Å². The first-order valence-electron chi connectivity index (χ1n) is 9.01. The summed E-state index contributed by atoms with van der Waals surface area (Å²) in [7, 11) is 1.58. The molecule has 1 fully saturated rings. The van der Waals surface area contributed by atoms with Gasteiger partial charge < -0.3 is 20.0 Å². The van der Waals surface area contributed by atoms with Crippen molar-refractivity contribution < 1.29 is 14.6 Å². The zero-order chi connectivity index (χ0) is 18.7. The average Bonchev–Trinajstić information content (AvgIpc) is 2.86. The van der Waals surface area contributed by atoms with E-state index in [9.17, 15) is 5.21 Å². The van der Waals surface area contributed by atoms with Crippen LogP contribution in [-0.4, -0.2) is 72.8 Å². The molecule has 3 rings (SSSR count). The van der Waals surface area contributed by atoms with Crippen molar-refractivity contribution in [3.05, 3.63) is 33.1 Å². The van der Waals surface area contributed by atoms with Gasteiger partial charge in [-0.3, -0.25) is 4.90 Å². The zero-order valence-electron chi connectivity index (χ0n) is 15.2. The van der Waals surface area contributed by atoms with Crippen LogP contribution in [0.4, 0.5) is 5.69 Å². The molecule has 7 heteroatoms. The van der Waals surface area contributed by atoms with E-state index in [1.807, 2.05) is 0 Å². The molecule has 1 N–H and O–H groups in total. The Morgan fingerprint density at radius 2 is 2.04 bits per heavy atom. The zero-order valence-corrected chi connectivity index (χ0v) is 16.0. The van der Waals surface area contributed by atoms with Gasteiger partial charge in [0.15, 0.2) is 5.75 Å². The number of nitrogens with zero attached hydrogens (tertiary/aromatic N) is 3. The number of hydrogen-bond donors (Lipinski definition) is 1. The molecule has 1 heterocycles. The molecule has 0 aromatic heterocycles. The number of methoxy groups -OCH3 is 1. The average molecular weight is 380 g/mol. The van der Waals surface area contributed by atoms with Gasteiger partial charge in [-0.2, -0.15) is 4.74 Å². The number of fused-ring (bicyclic) bond motifs is 1. The molecule has 142 valence electrons. The van der Waals surface area contributed by atoms with Gasteiger partial charge in [0.05, 0.1) is 18.7 Å². The summed E-state index contributed by atoms with van der Waals surface area (Å²) in [6.45, 7) is 8.17. The Balaban J connectivity index is 1.91. The van der Waals surface area contributed by atoms with E-state index in [4.69, 9.17) is 21.4 Å². The van der Waals surface area contributed by atoms with Gasteiger partial charge in [0.2, 0.25) is 0 Å². The van der Waals surface area contributed by atoms with E-state index in [1.165, 1.54) is 5.70 Å². The fourth-order valence-electron chi connectivity index (χ4n) is 3.84. The molecule has 26 heavy (non-hydrogen) atoms. The van der Waals surface area contributed by atoms with Crippen LogP contribution in [0.2, 0.25) is 5.02 Å². The molecule has 0 unspecified atom stereocenters. The predicted molar refractivity (Wildman–Crippen MR) is 104 cm³/mol. The normalized spacial score (nSPS) is 18.1. The number of aliphatic hydroxyl groups excluding tert-OH is 1. The van der Waals surface area contributed by atoms with Crippen LogP contribution in [0.25, 0.3) is 6.08 Å². The minimum absolute atomic E-state index is 0.205. The lowest BCUT2D eigenvalue weighted by Gasteiger charge is -2.37. The van der Waals surface area contributed by atoms with Gasteiger partial charge in [-0.05, 0) is 25.3 Å². The number of hydrogen-bond acceptors (Lipinski definition) is 5. The summed E-state index contributed by atoms with van der Waals surface area (Å²) in [4.78, 5) is 4.68. The molecule has 1 aliphatic heterocycles. The summed E-state index contributed by atoms with van der Waals surface area (Å²) in [6, 6.07) is 1.64. The molecular formula is C19H26ClN3O3. The Labute approximate surface area is 159 Å². The third-order valence-corrected chi connectivity index (χ3v) is 5.50. The molecule has 0 radical (unpaired) electrons. The minimum atomic E-state index is 0.205. The molecule has 0 atom stereocenters. The molecular weight excluding hydrogens is 354 g/mol. The van der Waals surface area contributed by atoms with Crippen LogP contribution in [0.5, 0.6) is 5.75 Å². The Morgan fingerprint density at radius 1 is 1.31 bits per heavy atom. The van der Waals surface area contributed by atoms with Crippen molar-refractivity contribution in [1.82, 2.24) is 9.80 Å². The number of benzene rings is 1. The fourth-order valence-corrected chi connectivity index (χ4v) is 4.11. The number of piperazine rings is 1. The second kappa shape index (κ2) is 8.29. The SMILES string of the molecule is C=[N+]([O-])c1cc(Cl)c2c(c1OC)CCCC(N1CCN(CCO)CC1)=C2. The molecule has 1 aromatic carbocycles. The van der Waals surface area contributed by atoms with Gasteiger partial charge in [-0.15, -0.1) is 0 Å². The molecule has 1 aromatic rings. The Bertz CT molecular complexity index is 712. The maximum absolute atomic E-state index is 11.8. The van der Waals surface area contributed by atoms with Crippen LogP contribution < -0.4 is 4.74 Å².